The van der Waals surface area contributed by atoms with Crippen LogP contribution >= 0.6 is 0 Å². The van der Waals surface area contributed by atoms with E-state index >= 15 is 0 Å². The highest BCUT2D eigenvalue weighted by Crippen LogP contribution is 2.26. The smallest absolute Gasteiger partial charge is 0.0442 e. The van der Waals surface area contributed by atoms with Gasteiger partial charge < -0.3 is 15.1 Å². The van der Waals surface area contributed by atoms with Crippen LogP contribution in [0, 0.1) is 0 Å². The average molecular weight is 288 g/mol. The number of anilines is 1. The van der Waals surface area contributed by atoms with Gasteiger partial charge in [0.15, 0.2) is 0 Å². The number of nitrogens with zero attached hydrogens (tertiary/aromatic N) is 3. The van der Waals surface area contributed by atoms with E-state index < -0.39 is 0 Å². The van der Waals surface area contributed by atoms with Crippen LogP contribution in [0.15, 0.2) is 18.5 Å². The topological polar surface area (TPSA) is 31.4 Å². The summed E-state index contributed by atoms with van der Waals surface area (Å²) < 4.78 is 0. The highest BCUT2D eigenvalue weighted by Gasteiger charge is 2.24. The van der Waals surface area contributed by atoms with Gasteiger partial charge in [-0.2, -0.15) is 0 Å². The van der Waals surface area contributed by atoms with E-state index in [1.165, 1.54) is 56.6 Å². The van der Waals surface area contributed by atoms with Crippen molar-refractivity contribution in [3.05, 3.63) is 24.0 Å². The van der Waals surface area contributed by atoms with Crippen molar-refractivity contribution in [3.63, 3.8) is 0 Å². The van der Waals surface area contributed by atoms with Gasteiger partial charge in [-0.15, -0.1) is 0 Å². The Kier molecular flexibility index (Phi) is 4.76. The van der Waals surface area contributed by atoms with Crippen molar-refractivity contribution in [1.82, 2.24) is 15.2 Å². The predicted molar refractivity (Wildman–Crippen MR) is 87.6 cm³/mol. The van der Waals surface area contributed by atoms with Crippen LogP contribution in [-0.4, -0.2) is 48.6 Å². The normalized spacial score (nSPS) is 20.7. The third-order valence-electron chi connectivity index (χ3n) is 4.97. The second-order valence-electron chi connectivity index (χ2n) is 6.44. The van der Waals surface area contributed by atoms with Gasteiger partial charge in [0.25, 0.3) is 0 Å². The summed E-state index contributed by atoms with van der Waals surface area (Å²) in [5.41, 5.74) is 2.69. The van der Waals surface area contributed by atoms with E-state index in [9.17, 15) is 0 Å². The SMILES string of the molecule is CCN1CCC(N(C)c2ccncc2CNC2CC2)CC1. The molecule has 4 nitrogen and oxygen atoms in total. The molecule has 0 bridgehead atoms. The summed E-state index contributed by atoms with van der Waals surface area (Å²) in [6.07, 6.45) is 9.15. The number of nitrogens with one attached hydrogen (secondary N) is 1. The minimum Gasteiger partial charge on any atom is -0.371 e. The fraction of sp³-hybridized carbons (Fsp3) is 0.706. The third kappa shape index (κ3) is 3.74. The molecule has 0 aromatic carbocycles. The summed E-state index contributed by atoms with van der Waals surface area (Å²) in [5.74, 6) is 0. The highest BCUT2D eigenvalue weighted by atomic mass is 15.2. The first-order valence-electron chi connectivity index (χ1n) is 8.39. The lowest BCUT2D eigenvalue weighted by atomic mass is 10.0. The van der Waals surface area contributed by atoms with Crippen LogP contribution in [0.2, 0.25) is 0 Å². The first-order chi connectivity index (χ1) is 10.3. The first kappa shape index (κ1) is 14.8. The maximum absolute atomic E-state index is 4.32. The fourth-order valence-electron chi connectivity index (χ4n) is 3.26. The number of piperidine rings is 1. The second kappa shape index (κ2) is 6.75. The van der Waals surface area contributed by atoms with E-state index in [0.29, 0.717) is 6.04 Å². The average Bonchev–Trinajstić information content (AvgIpc) is 3.37. The van der Waals surface area contributed by atoms with Crippen LogP contribution in [0.3, 0.4) is 0 Å². The molecule has 0 spiro atoms. The van der Waals surface area contributed by atoms with Gasteiger partial charge in [-0.25, -0.2) is 0 Å². The Bertz CT molecular complexity index is 450. The van der Waals surface area contributed by atoms with Crippen molar-refractivity contribution in [3.8, 4) is 0 Å². The van der Waals surface area contributed by atoms with Gasteiger partial charge in [-0.1, -0.05) is 6.92 Å². The molecular weight excluding hydrogens is 260 g/mol. The summed E-state index contributed by atoms with van der Waals surface area (Å²) in [5, 5.41) is 3.61. The lowest BCUT2D eigenvalue weighted by Crippen LogP contribution is -2.43. The maximum atomic E-state index is 4.32. The molecule has 116 valence electrons. The Morgan fingerprint density at radius 1 is 1.29 bits per heavy atom. The predicted octanol–water partition coefficient (Wildman–Crippen LogP) is 2.25. The molecule has 4 heteroatoms. The molecule has 2 fully saturated rings. The van der Waals surface area contributed by atoms with Crippen LogP contribution in [-0.2, 0) is 6.54 Å². The number of hydrogen-bond donors (Lipinski definition) is 1. The van der Waals surface area contributed by atoms with Crippen LogP contribution in [0.4, 0.5) is 5.69 Å². The molecular formula is C17H28N4. The first-order valence-corrected chi connectivity index (χ1v) is 8.39. The summed E-state index contributed by atoms with van der Waals surface area (Å²) in [7, 11) is 2.25. The van der Waals surface area contributed by atoms with Gasteiger partial charge >= 0.3 is 0 Å². The van der Waals surface area contributed by atoms with Crippen molar-refractivity contribution >= 4 is 5.69 Å². The van der Waals surface area contributed by atoms with Gasteiger partial charge in [0.2, 0.25) is 0 Å². The number of likely N-dealkylation sites (tertiary alicyclic amines) is 1. The zero-order valence-corrected chi connectivity index (χ0v) is 13.4. The standard InChI is InChI=1S/C17H28N4/c1-3-21-10-7-16(8-11-21)20(2)17-6-9-18-12-14(17)13-19-15-4-5-15/h6,9,12,15-16,19H,3-5,7-8,10-11,13H2,1-2H3. The minimum absolute atomic E-state index is 0.662. The highest BCUT2D eigenvalue weighted by molar-refractivity contribution is 5.52. The largest absolute Gasteiger partial charge is 0.371 e. The Labute approximate surface area is 128 Å². The van der Waals surface area contributed by atoms with E-state index in [2.05, 4.69) is 40.1 Å². The quantitative estimate of drug-likeness (QED) is 0.870. The molecule has 0 atom stereocenters. The Morgan fingerprint density at radius 2 is 2.05 bits per heavy atom. The zero-order valence-electron chi connectivity index (χ0n) is 13.4. The van der Waals surface area contributed by atoms with Crippen molar-refractivity contribution < 1.29 is 0 Å². The molecule has 1 saturated heterocycles. The molecule has 0 amide bonds. The molecule has 1 aliphatic carbocycles. The summed E-state index contributed by atoms with van der Waals surface area (Å²) >= 11 is 0. The number of pyridine rings is 1. The minimum atomic E-state index is 0.662. The van der Waals surface area contributed by atoms with Gasteiger partial charge in [0.1, 0.15) is 0 Å². The maximum Gasteiger partial charge on any atom is 0.0442 e. The van der Waals surface area contributed by atoms with Crippen LogP contribution in [0.5, 0.6) is 0 Å². The van der Waals surface area contributed by atoms with E-state index in [1.807, 2.05) is 12.4 Å². The summed E-state index contributed by atoms with van der Waals surface area (Å²) in [6, 6.07) is 3.59. The summed E-state index contributed by atoms with van der Waals surface area (Å²) in [4.78, 5) is 9.35. The van der Waals surface area contributed by atoms with E-state index in [-0.39, 0.29) is 0 Å². The molecule has 2 heterocycles. The van der Waals surface area contributed by atoms with E-state index in [1.54, 1.807) is 0 Å². The van der Waals surface area contributed by atoms with E-state index in [4.69, 9.17) is 0 Å². The molecule has 1 aliphatic heterocycles. The third-order valence-corrected chi connectivity index (χ3v) is 4.97. The lowest BCUT2D eigenvalue weighted by Gasteiger charge is -2.38. The fourth-order valence-corrected chi connectivity index (χ4v) is 3.26. The van der Waals surface area contributed by atoms with Crippen molar-refractivity contribution in [2.45, 2.75) is 51.2 Å². The molecule has 1 N–H and O–H groups in total. The lowest BCUT2D eigenvalue weighted by molar-refractivity contribution is 0.220. The molecule has 3 rings (SSSR count). The molecule has 1 saturated carbocycles. The molecule has 0 radical (unpaired) electrons. The molecule has 21 heavy (non-hydrogen) atoms. The van der Waals surface area contributed by atoms with Gasteiger partial charge in [-0.3, -0.25) is 4.98 Å². The zero-order chi connectivity index (χ0) is 14.7. The monoisotopic (exact) mass is 288 g/mol. The Balaban J connectivity index is 1.64. The number of aromatic nitrogens is 1. The number of rotatable bonds is 6. The van der Waals surface area contributed by atoms with Gasteiger partial charge in [0.05, 0.1) is 0 Å². The molecule has 1 aromatic heterocycles. The molecule has 0 unspecified atom stereocenters. The molecule has 2 aliphatic rings. The Morgan fingerprint density at radius 3 is 2.71 bits per heavy atom. The van der Waals surface area contributed by atoms with Gasteiger partial charge in [-0.05, 0) is 38.3 Å². The van der Waals surface area contributed by atoms with Crippen molar-refractivity contribution in [2.24, 2.45) is 0 Å². The second-order valence-corrected chi connectivity index (χ2v) is 6.44. The van der Waals surface area contributed by atoms with Gasteiger partial charge in [0, 0.05) is 62.4 Å². The summed E-state index contributed by atoms with van der Waals surface area (Å²) in [6.45, 7) is 6.85. The van der Waals surface area contributed by atoms with Crippen LogP contribution in [0.25, 0.3) is 0 Å². The number of hydrogen-bond acceptors (Lipinski definition) is 4. The van der Waals surface area contributed by atoms with Crippen LogP contribution in [0.1, 0.15) is 38.2 Å². The Hall–Kier alpha value is -1.13. The van der Waals surface area contributed by atoms with Crippen LogP contribution < -0.4 is 10.2 Å². The van der Waals surface area contributed by atoms with E-state index in [0.717, 1.165) is 12.6 Å². The van der Waals surface area contributed by atoms with Crippen molar-refractivity contribution in [1.29, 1.82) is 0 Å². The molecule has 1 aromatic rings. The van der Waals surface area contributed by atoms with Crippen molar-refractivity contribution in [2.75, 3.05) is 31.6 Å².